The summed E-state index contributed by atoms with van der Waals surface area (Å²) in [4.78, 5) is 24.7. The van der Waals surface area contributed by atoms with E-state index in [-0.39, 0.29) is 23.9 Å². The Morgan fingerprint density at radius 1 is 1.29 bits per heavy atom. The molecule has 1 N–H and O–H groups in total. The zero-order valence-corrected chi connectivity index (χ0v) is 15.5. The average Bonchev–Trinajstić information content (AvgIpc) is 2.56. The number of carbonyl (C=O) groups is 2. The molecule has 0 aliphatic rings. The molecule has 0 fully saturated rings. The largest absolute Gasteiger partial charge is 0.494 e. The van der Waals surface area contributed by atoms with Gasteiger partial charge in [0.25, 0.3) is 0 Å². The number of ether oxygens (including phenoxy) is 1. The van der Waals surface area contributed by atoms with Gasteiger partial charge in [0.2, 0.25) is 0 Å². The number of methoxy groups -OCH3 is 1. The molecule has 0 saturated carbocycles. The van der Waals surface area contributed by atoms with E-state index in [9.17, 15) is 9.59 Å². The maximum atomic E-state index is 12.8. The van der Waals surface area contributed by atoms with Crippen LogP contribution in [0.2, 0.25) is 0 Å². The highest BCUT2D eigenvalue weighted by atomic mass is 16.5. The fraction of sp³-hybridized carbons (Fsp3) is 0.500. The maximum Gasteiger partial charge on any atom is 0.164 e. The number of hydrogen-bond acceptors (Lipinski definition) is 4. The van der Waals surface area contributed by atoms with Gasteiger partial charge >= 0.3 is 0 Å². The van der Waals surface area contributed by atoms with E-state index >= 15 is 0 Å². The number of benzene rings is 1. The standard InChI is InChI=1S/C20H29NO3/c1-7-16-17(10-11-18(21-5)20(16)24-6)19(23)12-15(14(4)22)9-8-13(2)3/h10-11,15,21H,2,7-9,12H2,1,3-6H3. The third kappa shape index (κ3) is 4.95. The van der Waals surface area contributed by atoms with Gasteiger partial charge in [-0.25, -0.2) is 0 Å². The van der Waals surface area contributed by atoms with Crippen LogP contribution < -0.4 is 10.1 Å². The number of hydrogen-bond donors (Lipinski definition) is 1. The highest BCUT2D eigenvalue weighted by molar-refractivity contribution is 6.01. The molecule has 0 heterocycles. The summed E-state index contributed by atoms with van der Waals surface area (Å²) < 4.78 is 5.49. The zero-order valence-electron chi connectivity index (χ0n) is 15.5. The third-order valence-electron chi connectivity index (χ3n) is 4.31. The van der Waals surface area contributed by atoms with Gasteiger partial charge in [-0.1, -0.05) is 12.5 Å². The number of rotatable bonds is 10. The van der Waals surface area contributed by atoms with Crippen molar-refractivity contribution in [3.63, 3.8) is 0 Å². The van der Waals surface area contributed by atoms with Gasteiger partial charge in [-0.15, -0.1) is 6.58 Å². The first-order valence-corrected chi connectivity index (χ1v) is 8.41. The Balaban J connectivity index is 3.09. The van der Waals surface area contributed by atoms with Crippen LogP contribution in [0.4, 0.5) is 5.69 Å². The van der Waals surface area contributed by atoms with E-state index in [4.69, 9.17) is 4.74 Å². The summed E-state index contributed by atoms with van der Waals surface area (Å²) in [5.41, 5.74) is 3.42. The zero-order chi connectivity index (χ0) is 18.3. The van der Waals surface area contributed by atoms with Gasteiger partial charge in [0, 0.05) is 30.5 Å². The molecule has 1 atom stereocenters. The van der Waals surface area contributed by atoms with Crippen molar-refractivity contribution in [1.82, 2.24) is 0 Å². The van der Waals surface area contributed by atoms with Gasteiger partial charge in [-0.2, -0.15) is 0 Å². The molecule has 4 heteroatoms. The van der Waals surface area contributed by atoms with Crippen molar-refractivity contribution < 1.29 is 14.3 Å². The van der Waals surface area contributed by atoms with E-state index in [1.54, 1.807) is 14.0 Å². The van der Waals surface area contributed by atoms with E-state index in [2.05, 4.69) is 11.9 Å². The average molecular weight is 331 g/mol. The summed E-state index contributed by atoms with van der Waals surface area (Å²) in [5.74, 6) is 0.497. The Morgan fingerprint density at radius 3 is 2.42 bits per heavy atom. The number of allylic oxidation sites excluding steroid dienone is 1. The molecule has 0 aliphatic heterocycles. The minimum atomic E-state index is -0.256. The molecule has 1 aromatic carbocycles. The Labute approximate surface area is 145 Å². The minimum Gasteiger partial charge on any atom is -0.494 e. The van der Waals surface area contributed by atoms with E-state index in [0.717, 1.165) is 23.2 Å². The van der Waals surface area contributed by atoms with Crippen LogP contribution in [-0.4, -0.2) is 25.7 Å². The van der Waals surface area contributed by atoms with Crippen molar-refractivity contribution in [2.24, 2.45) is 5.92 Å². The van der Waals surface area contributed by atoms with Crippen LogP contribution in [-0.2, 0) is 11.2 Å². The lowest BCUT2D eigenvalue weighted by atomic mass is 9.88. The molecule has 0 amide bonds. The normalized spacial score (nSPS) is 11.7. The minimum absolute atomic E-state index is 0.00489. The van der Waals surface area contributed by atoms with Crippen molar-refractivity contribution in [3.8, 4) is 5.75 Å². The van der Waals surface area contributed by atoms with E-state index in [0.29, 0.717) is 24.2 Å². The maximum absolute atomic E-state index is 12.8. The second kappa shape index (κ2) is 9.26. The number of ketones is 2. The Morgan fingerprint density at radius 2 is 1.96 bits per heavy atom. The third-order valence-corrected chi connectivity index (χ3v) is 4.31. The van der Waals surface area contributed by atoms with Gasteiger partial charge in [0.05, 0.1) is 12.8 Å². The van der Waals surface area contributed by atoms with Crippen LogP contribution in [0, 0.1) is 5.92 Å². The molecule has 24 heavy (non-hydrogen) atoms. The van der Waals surface area contributed by atoms with Gasteiger partial charge in [-0.05, 0) is 45.2 Å². The summed E-state index contributed by atoms with van der Waals surface area (Å²) in [6.07, 6.45) is 2.36. The molecule has 132 valence electrons. The molecule has 0 bridgehead atoms. The first-order chi connectivity index (χ1) is 11.3. The van der Waals surface area contributed by atoms with E-state index in [1.807, 2.05) is 33.0 Å². The van der Waals surface area contributed by atoms with Gasteiger partial charge in [0.15, 0.2) is 5.78 Å². The number of anilines is 1. The number of nitrogens with one attached hydrogen (secondary N) is 1. The summed E-state index contributed by atoms with van der Waals surface area (Å²) in [6, 6.07) is 3.67. The fourth-order valence-corrected chi connectivity index (χ4v) is 2.87. The molecule has 0 aromatic heterocycles. The van der Waals surface area contributed by atoms with Crippen LogP contribution in [0.1, 0.15) is 56.0 Å². The van der Waals surface area contributed by atoms with Crippen LogP contribution in [0.15, 0.2) is 24.3 Å². The molecule has 4 nitrogen and oxygen atoms in total. The van der Waals surface area contributed by atoms with E-state index < -0.39 is 0 Å². The lowest BCUT2D eigenvalue weighted by molar-refractivity contribution is -0.120. The number of Topliss-reactive ketones (excluding diaryl/α,β-unsaturated/α-hetero) is 2. The molecule has 0 saturated heterocycles. The van der Waals surface area contributed by atoms with Gasteiger partial charge in [0.1, 0.15) is 11.5 Å². The first kappa shape index (κ1) is 19.9. The summed E-state index contributed by atoms with van der Waals surface area (Å²) >= 11 is 0. The Bertz CT molecular complexity index is 620. The summed E-state index contributed by atoms with van der Waals surface area (Å²) in [5, 5.41) is 3.08. The molecule has 0 aliphatic carbocycles. The molecule has 0 spiro atoms. The fourth-order valence-electron chi connectivity index (χ4n) is 2.87. The predicted octanol–water partition coefficient (Wildman–Crippen LogP) is 4.43. The molecular formula is C20H29NO3. The van der Waals surface area contributed by atoms with Crippen LogP contribution in [0.3, 0.4) is 0 Å². The molecule has 0 radical (unpaired) electrons. The van der Waals surface area contributed by atoms with Gasteiger partial charge in [-0.3, -0.25) is 9.59 Å². The molecular weight excluding hydrogens is 302 g/mol. The molecule has 1 unspecified atom stereocenters. The van der Waals surface area contributed by atoms with Crippen molar-refractivity contribution in [3.05, 3.63) is 35.4 Å². The van der Waals surface area contributed by atoms with Crippen molar-refractivity contribution in [2.75, 3.05) is 19.5 Å². The second-order valence-electron chi connectivity index (χ2n) is 6.21. The topological polar surface area (TPSA) is 55.4 Å². The highest BCUT2D eigenvalue weighted by Gasteiger charge is 2.23. The predicted molar refractivity (Wildman–Crippen MR) is 99.1 cm³/mol. The first-order valence-electron chi connectivity index (χ1n) is 8.41. The van der Waals surface area contributed by atoms with Crippen molar-refractivity contribution in [1.29, 1.82) is 0 Å². The van der Waals surface area contributed by atoms with Gasteiger partial charge < -0.3 is 10.1 Å². The van der Waals surface area contributed by atoms with Crippen LogP contribution in [0.25, 0.3) is 0 Å². The quantitative estimate of drug-likeness (QED) is 0.509. The Hall–Kier alpha value is -2.10. The number of carbonyl (C=O) groups excluding carboxylic acids is 2. The second-order valence-corrected chi connectivity index (χ2v) is 6.21. The van der Waals surface area contributed by atoms with Crippen molar-refractivity contribution in [2.45, 2.75) is 46.5 Å². The highest BCUT2D eigenvalue weighted by Crippen LogP contribution is 2.33. The van der Waals surface area contributed by atoms with Crippen molar-refractivity contribution >= 4 is 17.3 Å². The molecule has 1 rings (SSSR count). The van der Waals surface area contributed by atoms with Crippen LogP contribution >= 0.6 is 0 Å². The lowest BCUT2D eigenvalue weighted by Crippen LogP contribution is -2.17. The van der Waals surface area contributed by atoms with Crippen LogP contribution in [0.5, 0.6) is 5.75 Å². The monoisotopic (exact) mass is 331 g/mol. The smallest absolute Gasteiger partial charge is 0.164 e. The molecule has 1 aromatic rings. The summed E-state index contributed by atoms with van der Waals surface area (Å²) in [6.45, 7) is 9.37. The SMILES string of the molecule is C=C(C)CCC(CC(=O)c1ccc(NC)c(OC)c1CC)C(C)=O. The Kier molecular flexibility index (Phi) is 7.69. The van der Waals surface area contributed by atoms with E-state index in [1.165, 1.54) is 0 Å². The summed E-state index contributed by atoms with van der Waals surface area (Å²) in [7, 11) is 3.43. The lowest BCUT2D eigenvalue weighted by Gasteiger charge is -2.18.